The van der Waals surface area contributed by atoms with Gasteiger partial charge in [0.2, 0.25) is 0 Å². The molecule has 120 valence electrons. The minimum absolute atomic E-state index is 0.331. The number of rotatable bonds is 5. The molecular weight excluding hydrogens is 278 g/mol. The second-order valence-electron chi connectivity index (χ2n) is 6.40. The molecule has 1 fully saturated rings. The Bertz CT molecular complexity index is 524. The van der Waals surface area contributed by atoms with Gasteiger partial charge in [-0.3, -0.25) is 9.88 Å². The van der Waals surface area contributed by atoms with Crippen molar-refractivity contribution in [3.05, 3.63) is 24.0 Å². The normalized spacial score (nSPS) is 19.2. The molecule has 0 N–H and O–H groups in total. The first kappa shape index (κ1) is 15.1. The summed E-state index contributed by atoms with van der Waals surface area (Å²) in [4.78, 5) is 11.8. The number of ether oxygens (including phenoxy) is 1. The van der Waals surface area contributed by atoms with Gasteiger partial charge in [-0.15, -0.1) is 0 Å². The topological polar surface area (TPSA) is 47.0 Å². The number of hydrogen-bond donors (Lipinski definition) is 0. The van der Waals surface area contributed by atoms with Gasteiger partial charge in [-0.2, -0.15) is 0 Å². The Morgan fingerprint density at radius 3 is 2.91 bits per heavy atom. The third-order valence-corrected chi connectivity index (χ3v) is 4.38. The lowest BCUT2D eigenvalue weighted by Crippen LogP contribution is -2.34. The predicted molar refractivity (Wildman–Crippen MR) is 85.6 cm³/mol. The summed E-state index contributed by atoms with van der Waals surface area (Å²) in [6.07, 6.45) is 8.25. The van der Waals surface area contributed by atoms with E-state index in [2.05, 4.69) is 24.0 Å². The van der Waals surface area contributed by atoms with Crippen LogP contribution in [0.3, 0.4) is 0 Å². The van der Waals surface area contributed by atoms with Crippen molar-refractivity contribution in [1.29, 1.82) is 0 Å². The summed E-state index contributed by atoms with van der Waals surface area (Å²) in [5, 5.41) is 4.09. The zero-order chi connectivity index (χ0) is 15.4. The molecule has 2 aliphatic rings. The molecule has 22 heavy (non-hydrogen) atoms. The van der Waals surface area contributed by atoms with Crippen molar-refractivity contribution in [2.75, 3.05) is 13.5 Å². The Kier molecular flexibility index (Phi) is 4.80. The fraction of sp³-hybridized carbons (Fsp3) is 0.647. The first-order chi connectivity index (χ1) is 10.8. The van der Waals surface area contributed by atoms with Gasteiger partial charge in [0.05, 0.1) is 5.69 Å². The molecule has 3 rings (SSSR count). The Hall–Kier alpha value is -1.78. The molecule has 1 aliphatic carbocycles. The number of pyridine rings is 1. The lowest BCUT2D eigenvalue weighted by molar-refractivity contribution is 0.0712. The van der Waals surface area contributed by atoms with E-state index in [9.17, 15) is 0 Å². The van der Waals surface area contributed by atoms with E-state index in [1.165, 1.54) is 32.1 Å². The Morgan fingerprint density at radius 1 is 1.32 bits per heavy atom. The standard InChI is InChI=1S/C17H25N3O2/c1-13(2)17-19-22-12-20(17)11-21-15-9-6-10-18-16(15)14-7-4-3-5-8-14/h6,9-10,13-14H,3-5,7-8,11-12H2,1-2H3. The van der Waals surface area contributed by atoms with Crippen LogP contribution in [-0.2, 0) is 4.84 Å². The van der Waals surface area contributed by atoms with Crippen molar-refractivity contribution in [2.45, 2.75) is 51.9 Å². The van der Waals surface area contributed by atoms with Crippen molar-refractivity contribution in [3.8, 4) is 5.75 Å². The van der Waals surface area contributed by atoms with E-state index in [4.69, 9.17) is 9.57 Å². The smallest absolute Gasteiger partial charge is 0.193 e. The van der Waals surface area contributed by atoms with Crippen LogP contribution in [-0.4, -0.2) is 29.2 Å². The summed E-state index contributed by atoms with van der Waals surface area (Å²) in [6.45, 7) is 5.14. The first-order valence-electron chi connectivity index (χ1n) is 8.28. The van der Waals surface area contributed by atoms with Gasteiger partial charge in [-0.25, -0.2) is 0 Å². The summed E-state index contributed by atoms with van der Waals surface area (Å²) >= 11 is 0. The minimum atomic E-state index is 0.331. The number of oxime groups is 1. The van der Waals surface area contributed by atoms with E-state index in [0.717, 1.165) is 17.3 Å². The average molecular weight is 303 g/mol. The van der Waals surface area contributed by atoms with Crippen LogP contribution in [0.4, 0.5) is 0 Å². The van der Waals surface area contributed by atoms with E-state index in [1.807, 2.05) is 23.2 Å². The summed E-state index contributed by atoms with van der Waals surface area (Å²) in [5.74, 6) is 2.73. The third-order valence-electron chi connectivity index (χ3n) is 4.38. The van der Waals surface area contributed by atoms with Gasteiger partial charge in [0.15, 0.2) is 19.3 Å². The van der Waals surface area contributed by atoms with E-state index < -0.39 is 0 Å². The molecule has 0 atom stereocenters. The minimum Gasteiger partial charge on any atom is -0.471 e. The molecule has 0 unspecified atom stereocenters. The molecule has 5 heteroatoms. The molecule has 0 radical (unpaired) electrons. The number of amidine groups is 1. The lowest BCUT2D eigenvalue weighted by atomic mass is 9.86. The zero-order valence-corrected chi connectivity index (χ0v) is 13.5. The molecule has 1 aliphatic heterocycles. The van der Waals surface area contributed by atoms with Crippen molar-refractivity contribution < 1.29 is 9.57 Å². The molecule has 5 nitrogen and oxygen atoms in total. The van der Waals surface area contributed by atoms with Crippen LogP contribution in [0.25, 0.3) is 0 Å². The van der Waals surface area contributed by atoms with E-state index in [1.54, 1.807) is 0 Å². The highest BCUT2D eigenvalue weighted by molar-refractivity contribution is 5.84. The Balaban J connectivity index is 1.66. The highest BCUT2D eigenvalue weighted by Crippen LogP contribution is 2.36. The summed E-state index contributed by atoms with van der Waals surface area (Å²) in [7, 11) is 0. The van der Waals surface area contributed by atoms with Gasteiger partial charge in [0.25, 0.3) is 0 Å². The van der Waals surface area contributed by atoms with Crippen LogP contribution in [0.5, 0.6) is 5.75 Å². The third kappa shape index (κ3) is 3.34. The van der Waals surface area contributed by atoms with Crippen LogP contribution in [0.15, 0.2) is 23.5 Å². The van der Waals surface area contributed by atoms with Crippen LogP contribution in [0.1, 0.15) is 57.6 Å². The molecule has 1 aromatic rings. The summed E-state index contributed by atoms with van der Waals surface area (Å²) in [6, 6.07) is 3.97. The number of hydrogen-bond acceptors (Lipinski definition) is 5. The van der Waals surface area contributed by atoms with Crippen LogP contribution in [0, 0.1) is 5.92 Å². The maximum Gasteiger partial charge on any atom is 0.193 e. The quantitative estimate of drug-likeness (QED) is 0.831. The molecular formula is C17H25N3O2. The second-order valence-corrected chi connectivity index (χ2v) is 6.40. The molecule has 0 amide bonds. The zero-order valence-electron chi connectivity index (χ0n) is 13.5. The summed E-state index contributed by atoms with van der Waals surface area (Å²) < 4.78 is 6.06. The fourth-order valence-electron chi connectivity index (χ4n) is 3.22. The second kappa shape index (κ2) is 6.99. The maximum absolute atomic E-state index is 6.06. The van der Waals surface area contributed by atoms with E-state index in [0.29, 0.717) is 25.3 Å². The maximum atomic E-state index is 6.06. The van der Waals surface area contributed by atoms with Crippen LogP contribution >= 0.6 is 0 Å². The molecule has 0 saturated heterocycles. The molecule has 0 spiro atoms. The van der Waals surface area contributed by atoms with Crippen LogP contribution < -0.4 is 4.74 Å². The van der Waals surface area contributed by atoms with Gasteiger partial charge >= 0.3 is 0 Å². The molecule has 0 bridgehead atoms. The van der Waals surface area contributed by atoms with Gasteiger partial charge < -0.3 is 9.57 Å². The van der Waals surface area contributed by atoms with Crippen molar-refractivity contribution >= 4 is 5.84 Å². The molecule has 2 heterocycles. The first-order valence-corrected chi connectivity index (χ1v) is 8.28. The largest absolute Gasteiger partial charge is 0.471 e. The highest BCUT2D eigenvalue weighted by atomic mass is 16.7. The Labute approximate surface area is 132 Å². The van der Waals surface area contributed by atoms with Crippen molar-refractivity contribution in [1.82, 2.24) is 9.88 Å². The van der Waals surface area contributed by atoms with Gasteiger partial charge in [0, 0.05) is 18.0 Å². The highest BCUT2D eigenvalue weighted by Gasteiger charge is 2.24. The SMILES string of the molecule is CC(C)C1=NOCN1COc1cccnc1C1CCCCC1. The fourth-order valence-corrected chi connectivity index (χ4v) is 3.22. The van der Waals surface area contributed by atoms with Crippen molar-refractivity contribution in [3.63, 3.8) is 0 Å². The number of aromatic nitrogens is 1. The number of nitrogens with zero attached hydrogens (tertiary/aromatic N) is 3. The van der Waals surface area contributed by atoms with Crippen LogP contribution in [0.2, 0.25) is 0 Å². The molecule has 0 aromatic carbocycles. The van der Waals surface area contributed by atoms with Gasteiger partial charge in [-0.05, 0) is 25.0 Å². The lowest BCUT2D eigenvalue weighted by Gasteiger charge is -2.25. The van der Waals surface area contributed by atoms with E-state index >= 15 is 0 Å². The van der Waals surface area contributed by atoms with Gasteiger partial charge in [-0.1, -0.05) is 38.3 Å². The average Bonchev–Trinajstić information content (AvgIpc) is 3.03. The van der Waals surface area contributed by atoms with E-state index in [-0.39, 0.29) is 0 Å². The van der Waals surface area contributed by atoms with Crippen molar-refractivity contribution in [2.24, 2.45) is 11.1 Å². The predicted octanol–water partition coefficient (Wildman–Crippen LogP) is 3.72. The monoisotopic (exact) mass is 303 g/mol. The molecule has 1 saturated carbocycles. The molecule has 1 aromatic heterocycles. The Morgan fingerprint density at radius 2 is 2.14 bits per heavy atom. The van der Waals surface area contributed by atoms with Gasteiger partial charge in [0.1, 0.15) is 5.75 Å². The summed E-state index contributed by atoms with van der Waals surface area (Å²) in [5.41, 5.74) is 1.12.